The summed E-state index contributed by atoms with van der Waals surface area (Å²) in [5, 5.41) is 5.25. The van der Waals surface area contributed by atoms with Crippen LogP contribution >= 0.6 is 0 Å². The summed E-state index contributed by atoms with van der Waals surface area (Å²) in [6, 6.07) is 9.77. The highest BCUT2D eigenvalue weighted by Crippen LogP contribution is 2.12. The van der Waals surface area contributed by atoms with Crippen LogP contribution in [0.1, 0.15) is 22.8 Å². The Hall–Kier alpha value is -3.48. The molecule has 2 rings (SSSR count). The molecular formula is C19H19N3O4. The SMILES string of the molecule is COC(=O)c1ccc(NC(=O)/C(C)=C/C(=O)Nc2cc(C)ccn2)cc1. The Morgan fingerprint density at radius 3 is 2.38 bits per heavy atom. The van der Waals surface area contributed by atoms with E-state index in [4.69, 9.17) is 0 Å². The summed E-state index contributed by atoms with van der Waals surface area (Å²) < 4.78 is 4.61. The number of amides is 2. The summed E-state index contributed by atoms with van der Waals surface area (Å²) in [5.41, 5.74) is 2.07. The lowest BCUT2D eigenvalue weighted by molar-refractivity contribution is -0.114. The van der Waals surface area contributed by atoms with Crippen LogP contribution in [0.4, 0.5) is 11.5 Å². The minimum Gasteiger partial charge on any atom is -0.465 e. The Morgan fingerprint density at radius 2 is 1.77 bits per heavy atom. The van der Waals surface area contributed by atoms with Gasteiger partial charge in [0.2, 0.25) is 5.91 Å². The fourth-order valence-corrected chi connectivity index (χ4v) is 2.07. The number of aryl methyl sites for hydroxylation is 1. The zero-order valence-electron chi connectivity index (χ0n) is 14.7. The lowest BCUT2D eigenvalue weighted by atomic mass is 10.2. The fourth-order valence-electron chi connectivity index (χ4n) is 2.07. The molecule has 2 aromatic rings. The smallest absolute Gasteiger partial charge is 0.337 e. The number of anilines is 2. The molecule has 0 aliphatic heterocycles. The fraction of sp³-hybridized carbons (Fsp3) is 0.158. The molecule has 0 atom stereocenters. The molecule has 0 unspecified atom stereocenters. The topological polar surface area (TPSA) is 97.4 Å². The van der Waals surface area contributed by atoms with Crippen LogP contribution < -0.4 is 10.6 Å². The van der Waals surface area contributed by atoms with Gasteiger partial charge in [-0.3, -0.25) is 9.59 Å². The average molecular weight is 353 g/mol. The molecule has 2 N–H and O–H groups in total. The maximum absolute atomic E-state index is 12.2. The highest BCUT2D eigenvalue weighted by Gasteiger charge is 2.09. The summed E-state index contributed by atoms with van der Waals surface area (Å²) in [6.45, 7) is 3.42. The predicted molar refractivity (Wildman–Crippen MR) is 97.8 cm³/mol. The van der Waals surface area contributed by atoms with Gasteiger partial charge >= 0.3 is 5.97 Å². The summed E-state index contributed by atoms with van der Waals surface area (Å²) in [5.74, 6) is -0.918. The van der Waals surface area contributed by atoms with Gasteiger partial charge in [0.15, 0.2) is 0 Å². The van der Waals surface area contributed by atoms with Crippen LogP contribution in [0.25, 0.3) is 0 Å². The molecule has 0 radical (unpaired) electrons. The average Bonchev–Trinajstić information content (AvgIpc) is 2.61. The van der Waals surface area contributed by atoms with Crippen molar-refractivity contribution in [2.45, 2.75) is 13.8 Å². The molecule has 1 heterocycles. The number of nitrogens with zero attached hydrogens (tertiary/aromatic N) is 1. The van der Waals surface area contributed by atoms with E-state index >= 15 is 0 Å². The molecule has 0 aliphatic carbocycles. The van der Waals surface area contributed by atoms with Gasteiger partial charge in [-0.1, -0.05) is 0 Å². The highest BCUT2D eigenvalue weighted by molar-refractivity contribution is 6.09. The van der Waals surface area contributed by atoms with Crippen molar-refractivity contribution in [1.82, 2.24) is 4.98 Å². The van der Waals surface area contributed by atoms with Gasteiger partial charge in [0, 0.05) is 23.5 Å². The molecule has 7 heteroatoms. The van der Waals surface area contributed by atoms with Gasteiger partial charge in [-0.2, -0.15) is 0 Å². The molecular weight excluding hydrogens is 334 g/mol. The third-order valence-electron chi connectivity index (χ3n) is 3.44. The van der Waals surface area contributed by atoms with Crippen LogP contribution in [0.2, 0.25) is 0 Å². The number of rotatable bonds is 5. The third-order valence-corrected chi connectivity index (χ3v) is 3.44. The van der Waals surface area contributed by atoms with E-state index in [1.54, 1.807) is 24.4 Å². The number of carbonyl (C=O) groups excluding carboxylic acids is 3. The summed E-state index contributed by atoms with van der Waals surface area (Å²) in [4.78, 5) is 39.6. The minimum absolute atomic E-state index is 0.229. The van der Waals surface area contributed by atoms with E-state index in [1.807, 2.05) is 13.0 Å². The molecule has 26 heavy (non-hydrogen) atoms. The summed E-state index contributed by atoms with van der Waals surface area (Å²) in [6.07, 6.45) is 2.79. The maximum atomic E-state index is 12.2. The van der Waals surface area contributed by atoms with Crippen molar-refractivity contribution in [3.63, 3.8) is 0 Å². The zero-order chi connectivity index (χ0) is 19.1. The number of benzene rings is 1. The van der Waals surface area contributed by atoms with E-state index in [0.29, 0.717) is 17.1 Å². The van der Waals surface area contributed by atoms with E-state index < -0.39 is 17.8 Å². The lowest BCUT2D eigenvalue weighted by Gasteiger charge is -2.07. The summed E-state index contributed by atoms with van der Waals surface area (Å²) >= 11 is 0. The molecule has 0 saturated heterocycles. The number of pyridine rings is 1. The first kappa shape index (κ1) is 18.9. The van der Waals surface area contributed by atoms with E-state index in [1.165, 1.54) is 32.2 Å². The Bertz CT molecular complexity index is 857. The van der Waals surface area contributed by atoms with Crippen molar-refractivity contribution in [1.29, 1.82) is 0 Å². The number of ether oxygens (including phenoxy) is 1. The van der Waals surface area contributed by atoms with E-state index in [-0.39, 0.29) is 5.57 Å². The number of methoxy groups -OCH3 is 1. The highest BCUT2D eigenvalue weighted by atomic mass is 16.5. The second-order valence-electron chi connectivity index (χ2n) is 5.56. The number of esters is 1. The monoisotopic (exact) mass is 353 g/mol. The first-order valence-electron chi connectivity index (χ1n) is 7.80. The predicted octanol–water partition coefficient (Wildman–Crippen LogP) is 2.70. The Morgan fingerprint density at radius 1 is 1.08 bits per heavy atom. The maximum Gasteiger partial charge on any atom is 0.337 e. The normalized spacial score (nSPS) is 10.8. The number of aromatic nitrogens is 1. The third kappa shape index (κ3) is 5.27. The van der Waals surface area contributed by atoms with Crippen molar-refractivity contribution in [3.8, 4) is 0 Å². The first-order valence-corrected chi connectivity index (χ1v) is 7.80. The van der Waals surface area contributed by atoms with Gasteiger partial charge in [0.05, 0.1) is 12.7 Å². The molecule has 0 saturated carbocycles. The standard InChI is InChI=1S/C19H19N3O4/c1-12-8-9-20-16(10-12)22-17(23)11-13(2)18(24)21-15-6-4-14(5-7-15)19(25)26-3/h4-11H,1-3H3,(H,21,24)(H,20,22,23)/b13-11+. The summed E-state index contributed by atoms with van der Waals surface area (Å²) in [7, 11) is 1.30. The molecule has 1 aromatic heterocycles. The molecule has 0 aliphatic rings. The van der Waals surface area contributed by atoms with Gasteiger partial charge in [-0.05, 0) is 55.8 Å². The molecule has 2 amide bonds. The Balaban J connectivity index is 1.98. The Labute approximate surface area is 151 Å². The molecule has 0 bridgehead atoms. The zero-order valence-corrected chi connectivity index (χ0v) is 14.7. The van der Waals surface area contributed by atoms with Gasteiger partial charge < -0.3 is 15.4 Å². The molecule has 0 fully saturated rings. The van der Waals surface area contributed by atoms with Crippen LogP contribution in [-0.4, -0.2) is 29.9 Å². The van der Waals surface area contributed by atoms with Crippen molar-refractivity contribution in [3.05, 3.63) is 65.4 Å². The Kier molecular flexibility index (Phi) is 6.21. The van der Waals surface area contributed by atoms with E-state index in [2.05, 4.69) is 20.4 Å². The first-order chi connectivity index (χ1) is 12.4. The van der Waals surface area contributed by atoms with Crippen LogP contribution in [-0.2, 0) is 14.3 Å². The van der Waals surface area contributed by atoms with Crippen molar-refractivity contribution in [2.24, 2.45) is 0 Å². The van der Waals surface area contributed by atoms with Crippen LogP contribution in [0, 0.1) is 6.92 Å². The van der Waals surface area contributed by atoms with Gasteiger partial charge in [0.25, 0.3) is 5.91 Å². The minimum atomic E-state index is -0.458. The van der Waals surface area contributed by atoms with Gasteiger partial charge in [0.1, 0.15) is 5.82 Å². The largest absolute Gasteiger partial charge is 0.465 e. The van der Waals surface area contributed by atoms with Crippen LogP contribution in [0.5, 0.6) is 0 Å². The van der Waals surface area contributed by atoms with Crippen LogP contribution in [0.3, 0.4) is 0 Å². The van der Waals surface area contributed by atoms with E-state index in [9.17, 15) is 14.4 Å². The van der Waals surface area contributed by atoms with Crippen molar-refractivity contribution in [2.75, 3.05) is 17.7 Å². The molecule has 7 nitrogen and oxygen atoms in total. The number of hydrogen-bond acceptors (Lipinski definition) is 5. The molecule has 0 spiro atoms. The van der Waals surface area contributed by atoms with Crippen molar-refractivity contribution >= 4 is 29.3 Å². The van der Waals surface area contributed by atoms with E-state index in [0.717, 1.165) is 5.56 Å². The second kappa shape index (κ2) is 8.57. The lowest BCUT2D eigenvalue weighted by Crippen LogP contribution is -2.16. The number of carbonyl (C=O) groups is 3. The second-order valence-corrected chi connectivity index (χ2v) is 5.56. The van der Waals surface area contributed by atoms with Gasteiger partial charge in [-0.25, -0.2) is 9.78 Å². The van der Waals surface area contributed by atoms with Crippen LogP contribution in [0.15, 0.2) is 54.2 Å². The molecule has 134 valence electrons. The van der Waals surface area contributed by atoms with Gasteiger partial charge in [-0.15, -0.1) is 0 Å². The number of nitrogens with one attached hydrogen (secondary N) is 2. The quantitative estimate of drug-likeness (QED) is 0.636. The van der Waals surface area contributed by atoms with Crippen molar-refractivity contribution < 1.29 is 19.1 Å². The number of hydrogen-bond donors (Lipinski definition) is 2. The molecule has 1 aromatic carbocycles.